The monoisotopic (exact) mass is 1430 g/mol. The first-order valence-corrected chi connectivity index (χ1v) is 42.8. The molecule has 0 saturated carbocycles. The Morgan fingerprint density at radius 1 is 0.247 bits per heavy atom. The molecular weight excluding hydrogens is 1320 g/mol. The van der Waals surface area contributed by atoms with Crippen molar-refractivity contribution in [2.24, 2.45) is 0 Å². The van der Waals surface area contributed by atoms with E-state index < -0.39 is 31.5 Å². The Labute approximate surface area is 577 Å². The van der Waals surface area contributed by atoms with Gasteiger partial charge in [0.05, 0.1) is 0 Å². The van der Waals surface area contributed by atoms with Gasteiger partial charge in [0.15, 0.2) is 0 Å². The van der Waals surface area contributed by atoms with Crippen LogP contribution in [0.1, 0.15) is 307 Å². The van der Waals surface area contributed by atoms with Gasteiger partial charge in [-0.3, -0.25) is 0 Å². The van der Waals surface area contributed by atoms with Crippen molar-refractivity contribution in [1.82, 2.24) is 0 Å². The van der Waals surface area contributed by atoms with E-state index in [4.69, 9.17) is 24.5 Å². The second kappa shape index (κ2) is 56.4. The zero-order valence-electron chi connectivity index (χ0n) is 54.6. The molecular formula is C72H116O4P2S4Zn3. The maximum Gasteiger partial charge on any atom is 2.00 e. The van der Waals surface area contributed by atoms with Crippen molar-refractivity contribution in [3.8, 4) is 0 Å². The van der Waals surface area contributed by atoms with E-state index >= 15 is 0 Å². The maximum atomic E-state index is 13.2. The number of rotatable bonds is 48. The Balaban J connectivity index is 0.00000160. The van der Waals surface area contributed by atoms with Crippen LogP contribution in [0.3, 0.4) is 0 Å². The van der Waals surface area contributed by atoms with Gasteiger partial charge in [-0.15, -0.1) is 0 Å². The molecule has 4 aromatic carbocycles. The molecule has 0 heterocycles. The van der Waals surface area contributed by atoms with Crippen LogP contribution in [-0.2, 0) is 129 Å². The quantitative estimate of drug-likeness (QED) is 0.0189. The molecule has 0 spiro atoms. The molecule has 0 aliphatic carbocycles. The van der Waals surface area contributed by atoms with Crippen LogP contribution in [0.5, 0.6) is 0 Å². The molecule has 85 heavy (non-hydrogen) atoms. The summed E-state index contributed by atoms with van der Waals surface area (Å²) in [5, 5.41) is 0. The van der Waals surface area contributed by atoms with E-state index in [2.05, 4.69) is 52.0 Å². The minimum Gasteiger partial charge on any atom is -0.853 e. The van der Waals surface area contributed by atoms with Crippen LogP contribution in [0.25, 0.3) is 0 Å². The van der Waals surface area contributed by atoms with Crippen LogP contribution in [0.4, 0.5) is 0 Å². The van der Waals surface area contributed by atoms with Gasteiger partial charge in [-0.25, -0.2) is 0 Å². The van der Waals surface area contributed by atoms with E-state index in [9.17, 15) is 19.6 Å². The Hall–Kier alpha value is 0.850. The van der Waals surface area contributed by atoms with Gasteiger partial charge in [0.1, 0.15) is 0 Å². The molecule has 4 rings (SSSR count). The summed E-state index contributed by atoms with van der Waals surface area (Å²) in [6, 6.07) is 32.7. The van der Waals surface area contributed by atoms with Gasteiger partial charge >= 0.3 is 58.4 Å². The molecule has 0 bridgehead atoms. The summed E-state index contributed by atoms with van der Waals surface area (Å²) < 4.78 is 0. The van der Waals surface area contributed by atoms with E-state index in [1.807, 2.05) is 72.8 Å². The van der Waals surface area contributed by atoms with Crippen molar-refractivity contribution in [1.29, 1.82) is 0 Å². The average Bonchev–Trinajstić information content (AvgIpc) is 3.65. The molecule has 13 heteroatoms. The largest absolute Gasteiger partial charge is 2.00 e. The van der Waals surface area contributed by atoms with Gasteiger partial charge in [0.25, 0.3) is 0 Å². The van der Waals surface area contributed by atoms with Gasteiger partial charge in [0.2, 0.25) is 0 Å². The molecule has 0 amide bonds. The summed E-state index contributed by atoms with van der Waals surface area (Å²) in [7, 11) is -2.21. The first kappa shape index (κ1) is 85.9. The van der Waals surface area contributed by atoms with Crippen molar-refractivity contribution in [3.63, 3.8) is 0 Å². The first-order chi connectivity index (χ1) is 40.0. The average molecular weight is 1430 g/mol. The molecule has 4 aromatic rings. The molecule has 4 nitrogen and oxygen atoms in total. The molecule has 0 N–H and O–H groups in total. The van der Waals surface area contributed by atoms with E-state index in [1.165, 1.54) is 231 Å². The molecule has 0 aliphatic heterocycles. The number of aryl methyl sites for hydroxylation is 4. The van der Waals surface area contributed by atoms with Crippen LogP contribution in [0.2, 0.25) is 0 Å². The third-order valence-electron chi connectivity index (χ3n) is 16.4. The standard InChI is InChI=1S/2C36H58O2PS2.3Zn/c2*1-3-5-7-9-11-13-15-17-19-21-27-33-29-23-25-31-35(33)41(39(37,38)40)36-32-26-24-30-34(36)28-22-20-18-16-14-12-10-8-6-4-2;;;/h2*23-26,29-32H,3-22,27-28H2,1-2H3;;;/q2*-3;3*+2. The maximum absolute atomic E-state index is 13.2. The zero-order chi connectivity index (χ0) is 59.2. The minimum absolute atomic E-state index is 0. The second-order valence-corrected chi connectivity index (χ2v) is 37.7. The fourth-order valence-electron chi connectivity index (χ4n) is 11.5. The third-order valence-corrected chi connectivity index (χ3v) is 28.3. The predicted molar refractivity (Wildman–Crippen MR) is 364 cm³/mol. The molecule has 0 atom stereocenters. The van der Waals surface area contributed by atoms with Crippen LogP contribution in [0, 0.1) is 0 Å². The van der Waals surface area contributed by atoms with Crippen molar-refractivity contribution in [2.45, 2.75) is 330 Å². The summed E-state index contributed by atoms with van der Waals surface area (Å²) in [6.45, 7) is 9.07. The number of hydrogen-bond acceptors (Lipinski definition) is 6. The Kier molecular flexibility index (Phi) is 57.0. The Morgan fingerprint density at radius 3 is 0.541 bits per heavy atom. The van der Waals surface area contributed by atoms with E-state index in [0.717, 1.165) is 93.2 Å². The van der Waals surface area contributed by atoms with Crippen molar-refractivity contribution < 1.29 is 78.0 Å². The molecule has 0 aliphatic rings. The van der Waals surface area contributed by atoms with E-state index in [1.54, 1.807) is 0 Å². The molecule has 0 saturated heterocycles. The van der Waals surface area contributed by atoms with E-state index in [-0.39, 0.29) is 58.4 Å². The van der Waals surface area contributed by atoms with Crippen LogP contribution < -0.4 is 19.6 Å². The summed E-state index contributed by atoms with van der Waals surface area (Å²) >= 11 is 10.5. The fourth-order valence-corrected chi connectivity index (χ4v) is 23.4. The number of benzene rings is 4. The molecule has 468 valence electrons. The number of hydrogen-bond donors (Lipinski definition) is 0. The summed E-state index contributed by atoms with van der Waals surface area (Å²) in [5.41, 5.74) is -3.46. The van der Waals surface area contributed by atoms with Gasteiger partial charge in [-0.1, -0.05) is 332 Å². The van der Waals surface area contributed by atoms with Crippen LogP contribution in [0.15, 0.2) is 117 Å². The molecule has 0 radical (unpaired) electrons. The SMILES string of the molecule is CCCCCCCCCCCCc1ccccc1S(c1ccccc1CCCCCCCCCCCC)=P([O-])([O-])[S-].CCCCCCCCCCCCc1ccccc1S(c1ccccc1CCCCCCCCCCCC)=P([O-])([O-])[S-].[Zn+2].[Zn+2].[Zn+2]. The first-order valence-electron chi connectivity index (χ1n) is 33.8. The van der Waals surface area contributed by atoms with Gasteiger partial charge in [-0.2, -0.15) is 20.1 Å². The van der Waals surface area contributed by atoms with Crippen LogP contribution >= 0.6 is 11.4 Å². The van der Waals surface area contributed by atoms with Crippen molar-refractivity contribution in [2.75, 3.05) is 0 Å². The topological polar surface area (TPSA) is 92.2 Å². The van der Waals surface area contributed by atoms with Crippen LogP contribution in [-0.4, -0.2) is 0 Å². The summed E-state index contributed by atoms with van der Waals surface area (Å²) in [4.78, 5) is 56.4. The van der Waals surface area contributed by atoms with Crippen molar-refractivity contribution in [3.05, 3.63) is 119 Å². The van der Waals surface area contributed by atoms with Gasteiger partial charge in [0, 0.05) is 19.6 Å². The van der Waals surface area contributed by atoms with E-state index in [0.29, 0.717) is 0 Å². The summed E-state index contributed by atoms with van der Waals surface area (Å²) in [5.74, 6) is 0. The second-order valence-electron chi connectivity index (χ2n) is 23.6. The smallest absolute Gasteiger partial charge is 0.853 e. The predicted octanol–water partition coefficient (Wildman–Crippen LogP) is 21.2. The molecule has 0 fully saturated rings. The normalized spacial score (nSPS) is 11.5. The summed E-state index contributed by atoms with van der Waals surface area (Å²) in [6.07, 6.45) is 55.8. The molecule has 0 unspecified atom stereocenters. The fraction of sp³-hybridized carbons (Fsp3) is 0.667. The zero-order valence-corrected chi connectivity index (χ0v) is 68.6. The van der Waals surface area contributed by atoms with Gasteiger partial charge in [-0.05, 0) is 97.9 Å². The Bertz CT molecular complexity index is 2030. The number of unbranched alkanes of at least 4 members (excludes halogenated alkanes) is 36. The molecule has 0 aromatic heterocycles. The van der Waals surface area contributed by atoms with Gasteiger partial charge < -0.3 is 55.5 Å². The minimum atomic E-state index is -4.04. The van der Waals surface area contributed by atoms with Crippen molar-refractivity contribution >= 4 is 56.0 Å². The third kappa shape index (κ3) is 39.9. The Morgan fingerprint density at radius 2 is 0.388 bits per heavy atom.